The molecule has 2 aliphatic rings. The van der Waals surface area contributed by atoms with E-state index in [0.717, 1.165) is 24.8 Å². The fraction of sp³-hybridized carbons (Fsp3) is 0.526. The first-order valence-electron chi connectivity index (χ1n) is 7.59. The van der Waals surface area contributed by atoms with E-state index in [1.807, 2.05) is 19.1 Å². The summed E-state index contributed by atoms with van der Waals surface area (Å²) in [7, 11) is 1.49. The Balaban J connectivity index is 0.00000176. The summed E-state index contributed by atoms with van der Waals surface area (Å²) in [5, 5.41) is 3.56. The molecule has 22 heavy (non-hydrogen) atoms. The number of esters is 1. The molecule has 0 saturated carbocycles. The van der Waals surface area contributed by atoms with Crippen molar-refractivity contribution in [3.8, 4) is 11.8 Å². The Morgan fingerprint density at radius 3 is 2.64 bits per heavy atom. The molecular weight excluding hydrogens is 274 g/mol. The molecule has 2 fully saturated rings. The van der Waals surface area contributed by atoms with E-state index in [2.05, 4.69) is 29.3 Å². The zero-order valence-corrected chi connectivity index (χ0v) is 12.6. The van der Waals surface area contributed by atoms with E-state index in [4.69, 9.17) is 4.74 Å². The number of benzene rings is 1. The van der Waals surface area contributed by atoms with Crippen LogP contribution in [0.25, 0.3) is 0 Å². The van der Waals surface area contributed by atoms with Gasteiger partial charge in [-0.15, -0.1) is 5.92 Å². The van der Waals surface area contributed by atoms with Crippen LogP contribution < -0.4 is 5.32 Å². The molecule has 0 aromatic heterocycles. The lowest BCUT2D eigenvalue weighted by Gasteiger charge is -2.36. The summed E-state index contributed by atoms with van der Waals surface area (Å²) in [6.07, 6.45) is 3.24. The lowest BCUT2D eigenvalue weighted by atomic mass is 9.77. The highest BCUT2D eigenvalue weighted by atomic mass is 16.5. The van der Waals surface area contributed by atoms with Gasteiger partial charge in [-0.3, -0.25) is 4.79 Å². The molecule has 2 unspecified atom stereocenters. The molecular formula is C19H25NO2. The number of piperidine rings is 1. The quantitative estimate of drug-likeness (QED) is 0.673. The molecule has 3 heteroatoms. The first kappa shape index (κ1) is 16.6. The van der Waals surface area contributed by atoms with Crippen molar-refractivity contribution in [3.05, 3.63) is 35.4 Å². The molecule has 0 aliphatic carbocycles. The van der Waals surface area contributed by atoms with Gasteiger partial charge in [0.05, 0.1) is 13.0 Å². The molecule has 2 bridgehead atoms. The van der Waals surface area contributed by atoms with Crippen molar-refractivity contribution >= 4 is 5.97 Å². The van der Waals surface area contributed by atoms with Gasteiger partial charge in [-0.1, -0.05) is 25.5 Å². The van der Waals surface area contributed by atoms with Crippen molar-refractivity contribution in [2.24, 2.45) is 5.92 Å². The third-order valence-corrected chi connectivity index (χ3v) is 4.76. The molecule has 3 rings (SSSR count). The van der Waals surface area contributed by atoms with Crippen LogP contribution in [0.4, 0.5) is 0 Å². The minimum Gasteiger partial charge on any atom is -0.469 e. The Labute approximate surface area is 133 Å². The largest absolute Gasteiger partial charge is 0.469 e. The molecule has 0 radical (unpaired) electrons. The average molecular weight is 299 g/mol. The summed E-state index contributed by atoms with van der Waals surface area (Å²) >= 11 is 0. The van der Waals surface area contributed by atoms with Gasteiger partial charge < -0.3 is 10.1 Å². The maximum Gasteiger partial charge on any atom is 0.310 e. The lowest BCUT2D eigenvalue weighted by Crippen LogP contribution is -2.48. The topological polar surface area (TPSA) is 38.3 Å². The summed E-state index contributed by atoms with van der Waals surface area (Å²) in [5.41, 5.74) is 2.25. The third kappa shape index (κ3) is 3.03. The number of nitrogens with one attached hydrogen (secondary N) is 1. The standard InChI is InChI=1S/C18H21NO2.CH4/c1-3-4-12-5-7-13(8-6-12)15-11-14-9-10-16(19-14)17(15)18(20)21-2;/h5-8,14-17,19H,9-11H2,1-2H3;1H4/t14-,15-,16?,17?;/m1./s1. The second-order valence-corrected chi connectivity index (χ2v) is 5.94. The van der Waals surface area contributed by atoms with Crippen LogP contribution in [0.5, 0.6) is 0 Å². The molecule has 118 valence electrons. The predicted molar refractivity (Wildman–Crippen MR) is 88.5 cm³/mol. The Morgan fingerprint density at radius 1 is 1.27 bits per heavy atom. The van der Waals surface area contributed by atoms with Gasteiger partial charge in [0.25, 0.3) is 0 Å². The van der Waals surface area contributed by atoms with Crippen molar-refractivity contribution in [1.29, 1.82) is 0 Å². The smallest absolute Gasteiger partial charge is 0.310 e. The third-order valence-electron chi connectivity index (χ3n) is 4.76. The van der Waals surface area contributed by atoms with E-state index in [1.165, 1.54) is 12.7 Å². The lowest BCUT2D eigenvalue weighted by molar-refractivity contribution is -0.148. The first-order valence-corrected chi connectivity index (χ1v) is 7.59. The number of rotatable bonds is 2. The average Bonchev–Trinajstić information content (AvgIpc) is 2.89. The Hall–Kier alpha value is -1.79. The van der Waals surface area contributed by atoms with Crippen molar-refractivity contribution in [1.82, 2.24) is 5.32 Å². The van der Waals surface area contributed by atoms with Crippen LogP contribution in [0.2, 0.25) is 0 Å². The van der Waals surface area contributed by atoms with Crippen LogP contribution in [0.1, 0.15) is 50.7 Å². The molecule has 1 aromatic rings. The van der Waals surface area contributed by atoms with Crippen LogP contribution in [-0.2, 0) is 9.53 Å². The number of hydrogen-bond acceptors (Lipinski definition) is 3. The monoisotopic (exact) mass is 299 g/mol. The van der Waals surface area contributed by atoms with Crippen molar-refractivity contribution in [2.75, 3.05) is 7.11 Å². The zero-order chi connectivity index (χ0) is 14.8. The Kier molecular flexibility index (Phi) is 5.26. The Bertz CT molecular complexity index is 582. The molecule has 1 N–H and O–H groups in total. The van der Waals surface area contributed by atoms with Crippen LogP contribution in [0, 0.1) is 17.8 Å². The summed E-state index contributed by atoms with van der Waals surface area (Å²) in [5.74, 6) is 6.06. The highest BCUT2D eigenvalue weighted by Crippen LogP contribution is 2.42. The van der Waals surface area contributed by atoms with E-state index in [0.29, 0.717) is 6.04 Å². The van der Waals surface area contributed by atoms with Gasteiger partial charge in [0.2, 0.25) is 0 Å². The van der Waals surface area contributed by atoms with Crippen LogP contribution in [-0.4, -0.2) is 25.2 Å². The molecule has 0 spiro atoms. The first-order chi connectivity index (χ1) is 10.2. The number of fused-ring (bicyclic) bond motifs is 2. The molecule has 1 aromatic carbocycles. The fourth-order valence-electron chi connectivity index (χ4n) is 3.82. The SMILES string of the molecule is C.CC#Cc1ccc([C@H]2C[C@H]3CCC(N3)C2C(=O)OC)cc1. The molecule has 2 heterocycles. The molecule has 2 saturated heterocycles. The number of ether oxygens (including phenoxy) is 1. The van der Waals surface area contributed by atoms with Crippen molar-refractivity contribution < 1.29 is 9.53 Å². The molecule has 0 amide bonds. The Morgan fingerprint density at radius 2 is 2.00 bits per heavy atom. The number of methoxy groups -OCH3 is 1. The van der Waals surface area contributed by atoms with Gasteiger partial charge in [-0.05, 0) is 43.9 Å². The van der Waals surface area contributed by atoms with Crippen molar-refractivity contribution in [3.63, 3.8) is 0 Å². The van der Waals surface area contributed by atoms with Gasteiger partial charge in [0.15, 0.2) is 0 Å². The van der Waals surface area contributed by atoms with E-state index in [9.17, 15) is 4.79 Å². The number of carbonyl (C=O) groups excluding carboxylic acids is 1. The minimum absolute atomic E-state index is 0. The highest BCUT2D eigenvalue weighted by Gasteiger charge is 2.46. The normalized spacial score (nSPS) is 29.0. The van der Waals surface area contributed by atoms with Crippen LogP contribution in [0.3, 0.4) is 0 Å². The van der Waals surface area contributed by atoms with Gasteiger partial charge in [-0.2, -0.15) is 0 Å². The maximum atomic E-state index is 12.2. The van der Waals surface area contributed by atoms with Gasteiger partial charge in [-0.25, -0.2) is 0 Å². The number of hydrogen-bond donors (Lipinski definition) is 1. The number of carbonyl (C=O) groups is 1. The van der Waals surface area contributed by atoms with Gasteiger partial charge in [0, 0.05) is 23.6 Å². The second kappa shape index (κ2) is 6.98. The van der Waals surface area contributed by atoms with Gasteiger partial charge in [0.1, 0.15) is 0 Å². The molecule has 3 nitrogen and oxygen atoms in total. The van der Waals surface area contributed by atoms with Crippen molar-refractivity contribution in [2.45, 2.75) is 51.6 Å². The van der Waals surface area contributed by atoms with E-state index >= 15 is 0 Å². The van der Waals surface area contributed by atoms with Gasteiger partial charge >= 0.3 is 5.97 Å². The summed E-state index contributed by atoms with van der Waals surface area (Å²) in [4.78, 5) is 12.2. The van der Waals surface area contributed by atoms with E-state index in [-0.39, 0.29) is 31.3 Å². The second-order valence-electron chi connectivity index (χ2n) is 5.94. The van der Waals surface area contributed by atoms with E-state index < -0.39 is 0 Å². The zero-order valence-electron chi connectivity index (χ0n) is 12.6. The predicted octanol–water partition coefficient (Wildman–Crippen LogP) is 3.09. The summed E-state index contributed by atoms with van der Waals surface area (Å²) < 4.78 is 5.05. The summed E-state index contributed by atoms with van der Waals surface area (Å²) in [6.45, 7) is 1.84. The fourth-order valence-corrected chi connectivity index (χ4v) is 3.82. The molecule has 4 atom stereocenters. The maximum absolute atomic E-state index is 12.2. The molecule has 2 aliphatic heterocycles. The van der Waals surface area contributed by atoms with E-state index in [1.54, 1.807) is 0 Å². The summed E-state index contributed by atoms with van der Waals surface area (Å²) in [6, 6.07) is 9.12. The highest BCUT2D eigenvalue weighted by molar-refractivity contribution is 5.75. The minimum atomic E-state index is -0.0877. The van der Waals surface area contributed by atoms with Crippen LogP contribution >= 0.6 is 0 Å². The van der Waals surface area contributed by atoms with Crippen LogP contribution in [0.15, 0.2) is 24.3 Å².